The summed E-state index contributed by atoms with van der Waals surface area (Å²) in [4.78, 5) is 25.2. The van der Waals surface area contributed by atoms with Crippen molar-refractivity contribution in [2.45, 2.75) is 57.7 Å². The molecule has 0 bridgehead atoms. The van der Waals surface area contributed by atoms with Crippen LogP contribution in [0.2, 0.25) is 0 Å². The second-order valence-electron chi connectivity index (χ2n) is 6.56. The summed E-state index contributed by atoms with van der Waals surface area (Å²) in [6.07, 6.45) is 7.74. The molecule has 120 valence electrons. The average molecular weight is 303 g/mol. The highest BCUT2D eigenvalue weighted by Gasteiger charge is 2.36. The van der Waals surface area contributed by atoms with E-state index in [1.54, 1.807) is 0 Å². The van der Waals surface area contributed by atoms with Crippen molar-refractivity contribution in [1.82, 2.24) is 19.8 Å². The minimum atomic E-state index is -0.0881. The smallest absolute Gasteiger partial charge is 0.276 e. The number of nitrogen functional groups attached to an aromatic ring is 1. The van der Waals surface area contributed by atoms with Crippen LogP contribution in [0.3, 0.4) is 0 Å². The maximum Gasteiger partial charge on any atom is 0.276 e. The van der Waals surface area contributed by atoms with Gasteiger partial charge in [-0.1, -0.05) is 0 Å². The van der Waals surface area contributed by atoms with Crippen molar-refractivity contribution in [2.24, 2.45) is 0 Å². The van der Waals surface area contributed by atoms with Crippen LogP contribution < -0.4 is 5.73 Å². The summed E-state index contributed by atoms with van der Waals surface area (Å²) in [6, 6.07) is 1.66. The third kappa shape index (κ3) is 2.79. The van der Waals surface area contributed by atoms with Crippen LogP contribution in [0, 0.1) is 0 Å². The van der Waals surface area contributed by atoms with Crippen molar-refractivity contribution in [3.05, 3.63) is 18.1 Å². The molecule has 1 amide bonds. The molecule has 0 spiro atoms. The van der Waals surface area contributed by atoms with Crippen molar-refractivity contribution in [3.8, 4) is 0 Å². The highest BCUT2D eigenvalue weighted by atomic mass is 16.2. The van der Waals surface area contributed by atoms with Crippen LogP contribution in [0.5, 0.6) is 0 Å². The molecular formula is C16H25N5O. The van der Waals surface area contributed by atoms with Crippen LogP contribution in [0.4, 0.5) is 5.82 Å². The van der Waals surface area contributed by atoms with Crippen LogP contribution in [0.15, 0.2) is 12.4 Å². The fraction of sp³-hybridized carbons (Fsp3) is 0.688. The third-order valence-electron chi connectivity index (χ3n) is 5.05. The summed E-state index contributed by atoms with van der Waals surface area (Å²) in [7, 11) is 0. The Kier molecular flexibility index (Phi) is 4.29. The number of hydrogen-bond donors (Lipinski definition) is 1. The molecular weight excluding hydrogens is 278 g/mol. The quantitative estimate of drug-likeness (QED) is 0.897. The number of anilines is 1. The van der Waals surface area contributed by atoms with Gasteiger partial charge in [-0.2, -0.15) is 0 Å². The van der Waals surface area contributed by atoms with Gasteiger partial charge in [-0.15, -0.1) is 0 Å². The van der Waals surface area contributed by atoms with E-state index in [2.05, 4.69) is 28.7 Å². The van der Waals surface area contributed by atoms with E-state index in [4.69, 9.17) is 5.73 Å². The molecule has 0 aromatic carbocycles. The number of rotatable bonds is 2. The first-order valence-electron chi connectivity index (χ1n) is 8.21. The zero-order valence-electron chi connectivity index (χ0n) is 13.4. The average Bonchev–Trinajstić information content (AvgIpc) is 2.86. The first kappa shape index (κ1) is 15.2. The van der Waals surface area contributed by atoms with E-state index in [1.165, 1.54) is 25.2 Å². The number of carbonyl (C=O) groups excluding carboxylic acids is 1. The molecule has 2 fully saturated rings. The molecule has 1 aromatic heterocycles. The molecule has 2 aliphatic rings. The predicted molar refractivity (Wildman–Crippen MR) is 85.4 cm³/mol. The van der Waals surface area contributed by atoms with Crippen LogP contribution in [0.1, 0.15) is 50.0 Å². The molecule has 2 saturated heterocycles. The number of piperidine rings is 1. The fourth-order valence-electron chi connectivity index (χ4n) is 3.98. The molecule has 3 rings (SSSR count). The van der Waals surface area contributed by atoms with Gasteiger partial charge in [0.15, 0.2) is 11.5 Å². The van der Waals surface area contributed by atoms with E-state index in [9.17, 15) is 4.79 Å². The topological polar surface area (TPSA) is 75.3 Å². The zero-order valence-corrected chi connectivity index (χ0v) is 13.4. The van der Waals surface area contributed by atoms with Crippen LogP contribution >= 0.6 is 0 Å². The van der Waals surface area contributed by atoms with Gasteiger partial charge in [0, 0.05) is 43.6 Å². The molecule has 3 atom stereocenters. The van der Waals surface area contributed by atoms with E-state index in [0.717, 1.165) is 25.9 Å². The Morgan fingerprint density at radius 1 is 1.18 bits per heavy atom. The largest absolute Gasteiger partial charge is 0.382 e. The van der Waals surface area contributed by atoms with Crippen LogP contribution in [-0.4, -0.2) is 56.9 Å². The summed E-state index contributed by atoms with van der Waals surface area (Å²) in [5.74, 6) is 0.132. The number of aromatic nitrogens is 2. The lowest BCUT2D eigenvalue weighted by atomic mass is 10.0. The minimum absolute atomic E-state index is 0.0881. The Morgan fingerprint density at radius 3 is 2.55 bits per heavy atom. The predicted octanol–water partition coefficient (Wildman–Crippen LogP) is 1.54. The molecule has 6 nitrogen and oxygen atoms in total. The van der Waals surface area contributed by atoms with Gasteiger partial charge in [0.2, 0.25) is 0 Å². The van der Waals surface area contributed by atoms with Gasteiger partial charge in [0.25, 0.3) is 5.91 Å². The van der Waals surface area contributed by atoms with Crippen molar-refractivity contribution in [2.75, 3.05) is 18.8 Å². The summed E-state index contributed by atoms with van der Waals surface area (Å²) < 4.78 is 0. The van der Waals surface area contributed by atoms with Crippen molar-refractivity contribution in [3.63, 3.8) is 0 Å². The lowest BCUT2D eigenvalue weighted by Crippen LogP contribution is -2.52. The molecule has 2 N–H and O–H groups in total. The number of hydrogen-bond acceptors (Lipinski definition) is 5. The molecule has 1 aromatic rings. The van der Waals surface area contributed by atoms with Crippen molar-refractivity contribution >= 4 is 11.7 Å². The van der Waals surface area contributed by atoms with Crippen molar-refractivity contribution in [1.29, 1.82) is 0 Å². The minimum Gasteiger partial charge on any atom is -0.382 e. The number of carbonyl (C=O) groups is 1. The van der Waals surface area contributed by atoms with E-state index in [1.807, 2.05) is 4.90 Å². The van der Waals surface area contributed by atoms with Gasteiger partial charge < -0.3 is 10.6 Å². The second kappa shape index (κ2) is 6.20. The lowest BCUT2D eigenvalue weighted by Gasteiger charge is -2.41. The Bertz CT molecular complexity index is 539. The Morgan fingerprint density at radius 2 is 1.86 bits per heavy atom. The SMILES string of the molecule is C[C@@H]1CC[C@@H](C)N1[C@H]1CCCN(C(=O)c2nccnc2N)C1. The fourth-order valence-corrected chi connectivity index (χ4v) is 3.98. The highest BCUT2D eigenvalue weighted by molar-refractivity contribution is 5.96. The van der Waals surface area contributed by atoms with Crippen LogP contribution in [-0.2, 0) is 0 Å². The molecule has 0 unspecified atom stereocenters. The molecule has 22 heavy (non-hydrogen) atoms. The van der Waals surface area contributed by atoms with Gasteiger partial charge in [0.1, 0.15) is 0 Å². The van der Waals surface area contributed by atoms with Gasteiger partial charge in [-0.25, -0.2) is 9.97 Å². The number of nitrogens with zero attached hydrogens (tertiary/aromatic N) is 4. The Hall–Kier alpha value is -1.69. The second-order valence-corrected chi connectivity index (χ2v) is 6.56. The Balaban J connectivity index is 1.73. The van der Waals surface area contributed by atoms with Gasteiger partial charge in [-0.3, -0.25) is 9.69 Å². The molecule has 3 heterocycles. The number of nitrogens with two attached hydrogens (primary N) is 1. The first-order valence-corrected chi connectivity index (χ1v) is 8.21. The molecule has 0 saturated carbocycles. The van der Waals surface area contributed by atoms with Crippen LogP contribution in [0.25, 0.3) is 0 Å². The van der Waals surface area contributed by atoms with Gasteiger partial charge >= 0.3 is 0 Å². The van der Waals surface area contributed by atoms with E-state index >= 15 is 0 Å². The summed E-state index contributed by atoms with van der Waals surface area (Å²) in [5.41, 5.74) is 6.08. The van der Waals surface area contributed by atoms with E-state index < -0.39 is 0 Å². The van der Waals surface area contributed by atoms with Crippen molar-refractivity contribution < 1.29 is 4.79 Å². The van der Waals surface area contributed by atoms with E-state index in [0.29, 0.717) is 18.1 Å². The maximum absolute atomic E-state index is 12.7. The lowest BCUT2D eigenvalue weighted by molar-refractivity contribution is 0.0483. The first-order chi connectivity index (χ1) is 10.6. The standard InChI is InChI=1S/C16H25N5O/c1-11-5-6-12(2)21(11)13-4-3-9-20(10-13)16(22)14-15(17)19-8-7-18-14/h7-8,11-13H,3-6,9-10H2,1-2H3,(H2,17,19)/t11-,12-,13+/m1/s1. The normalized spacial score (nSPS) is 29.7. The molecule has 0 radical (unpaired) electrons. The maximum atomic E-state index is 12.7. The number of likely N-dealkylation sites (tertiary alicyclic amines) is 2. The van der Waals surface area contributed by atoms with Gasteiger partial charge in [0.05, 0.1) is 0 Å². The zero-order chi connectivity index (χ0) is 15.7. The monoisotopic (exact) mass is 303 g/mol. The summed E-state index contributed by atoms with van der Waals surface area (Å²) in [6.45, 7) is 6.14. The summed E-state index contributed by atoms with van der Waals surface area (Å²) in [5, 5.41) is 0. The Labute approximate surface area is 131 Å². The summed E-state index contributed by atoms with van der Waals surface area (Å²) >= 11 is 0. The van der Waals surface area contributed by atoms with Gasteiger partial charge in [-0.05, 0) is 39.5 Å². The highest BCUT2D eigenvalue weighted by Crippen LogP contribution is 2.30. The molecule has 6 heteroatoms. The number of amides is 1. The van der Waals surface area contributed by atoms with E-state index in [-0.39, 0.29) is 17.4 Å². The molecule has 2 aliphatic heterocycles. The molecule has 0 aliphatic carbocycles. The third-order valence-corrected chi connectivity index (χ3v) is 5.05.